The van der Waals surface area contributed by atoms with E-state index in [0.717, 1.165) is 19.6 Å². The van der Waals surface area contributed by atoms with Gasteiger partial charge in [0.05, 0.1) is 0 Å². The van der Waals surface area contributed by atoms with Gasteiger partial charge in [-0.2, -0.15) is 0 Å². The van der Waals surface area contributed by atoms with Crippen LogP contribution in [0, 0.1) is 5.92 Å². The first-order valence-corrected chi connectivity index (χ1v) is 6.67. The second kappa shape index (κ2) is 5.65. The lowest BCUT2D eigenvalue weighted by Gasteiger charge is -2.21. The summed E-state index contributed by atoms with van der Waals surface area (Å²) >= 11 is 0. The van der Waals surface area contributed by atoms with Gasteiger partial charge in [-0.1, -0.05) is 45.0 Å². The van der Waals surface area contributed by atoms with Crippen LogP contribution in [0.15, 0.2) is 24.3 Å². The van der Waals surface area contributed by atoms with Crippen LogP contribution in [0.1, 0.15) is 31.9 Å². The highest BCUT2D eigenvalue weighted by Crippen LogP contribution is 2.22. The van der Waals surface area contributed by atoms with E-state index in [-0.39, 0.29) is 0 Å². The maximum absolute atomic E-state index is 3.51. The van der Waals surface area contributed by atoms with Gasteiger partial charge in [0, 0.05) is 25.7 Å². The van der Waals surface area contributed by atoms with E-state index in [1.807, 2.05) is 0 Å². The number of nitrogens with one attached hydrogen (secondary N) is 1. The SMILES string of the molecule is CC(CNC(C)C)CN1Cc2ccccc2C1. The van der Waals surface area contributed by atoms with E-state index in [1.165, 1.54) is 17.7 Å². The predicted octanol–water partition coefficient (Wildman–Crippen LogP) is 2.64. The molecular formula is C15H24N2. The number of hydrogen-bond donors (Lipinski definition) is 1. The smallest absolute Gasteiger partial charge is 0.0240 e. The zero-order chi connectivity index (χ0) is 12.3. The van der Waals surface area contributed by atoms with Crippen molar-refractivity contribution in [1.29, 1.82) is 0 Å². The fourth-order valence-corrected chi connectivity index (χ4v) is 2.48. The Morgan fingerprint density at radius 2 is 1.71 bits per heavy atom. The summed E-state index contributed by atoms with van der Waals surface area (Å²) < 4.78 is 0. The van der Waals surface area contributed by atoms with Crippen molar-refractivity contribution >= 4 is 0 Å². The van der Waals surface area contributed by atoms with Gasteiger partial charge in [0.15, 0.2) is 0 Å². The molecule has 2 rings (SSSR count). The van der Waals surface area contributed by atoms with Gasteiger partial charge in [0.1, 0.15) is 0 Å². The summed E-state index contributed by atoms with van der Waals surface area (Å²) in [4.78, 5) is 2.55. The van der Waals surface area contributed by atoms with E-state index in [9.17, 15) is 0 Å². The monoisotopic (exact) mass is 232 g/mol. The predicted molar refractivity (Wildman–Crippen MR) is 72.9 cm³/mol. The van der Waals surface area contributed by atoms with Crippen molar-refractivity contribution in [3.8, 4) is 0 Å². The molecule has 0 saturated carbocycles. The molecule has 1 N–H and O–H groups in total. The van der Waals surface area contributed by atoms with Crippen LogP contribution in [-0.2, 0) is 13.1 Å². The minimum Gasteiger partial charge on any atom is -0.314 e. The van der Waals surface area contributed by atoms with E-state index in [1.54, 1.807) is 0 Å². The van der Waals surface area contributed by atoms with E-state index >= 15 is 0 Å². The summed E-state index contributed by atoms with van der Waals surface area (Å²) in [6.07, 6.45) is 0. The van der Waals surface area contributed by atoms with Gasteiger partial charge in [-0.3, -0.25) is 4.90 Å². The molecule has 0 aromatic heterocycles. The maximum atomic E-state index is 3.51. The molecule has 2 nitrogen and oxygen atoms in total. The Hall–Kier alpha value is -0.860. The quantitative estimate of drug-likeness (QED) is 0.839. The van der Waals surface area contributed by atoms with Gasteiger partial charge in [0.2, 0.25) is 0 Å². The van der Waals surface area contributed by atoms with E-state index in [4.69, 9.17) is 0 Å². The van der Waals surface area contributed by atoms with Gasteiger partial charge in [-0.15, -0.1) is 0 Å². The minimum atomic E-state index is 0.591. The van der Waals surface area contributed by atoms with Crippen LogP contribution < -0.4 is 5.32 Å². The molecule has 2 heteroatoms. The molecule has 0 fully saturated rings. The standard InChI is InChI=1S/C15H24N2/c1-12(2)16-8-13(3)9-17-10-14-6-4-5-7-15(14)11-17/h4-7,12-13,16H,8-11H2,1-3H3. The van der Waals surface area contributed by atoms with E-state index in [2.05, 4.69) is 55.3 Å². The van der Waals surface area contributed by atoms with Crippen molar-refractivity contribution in [2.24, 2.45) is 5.92 Å². The molecule has 1 aromatic rings. The molecule has 1 unspecified atom stereocenters. The molecule has 0 aliphatic carbocycles. The summed E-state index contributed by atoms with van der Waals surface area (Å²) in [6.45, 7) is 11.3. The normalized spacial score (nSPS) is 17.4. The lowest BCUT2D eigenvalue weighted by atomic mass is 10.1. The second-order valence-corrected chi connectivity index (χ2v) is 5.61. The van der Waals surface area contributed by atoms with Crippen molar-refractivity contribution < 1.29 is 0 Å². The number of rotatable bonds is 5. The van der Waals surface area contributed by atoms with Crippen molar-refractivity contribution in [3.63, 3.8) is 0 Å². The Bertz CT molecular complexity index is 335. The van der Waals surface area contributed by atoms with Crippen LogP contribution in [0.5, 0.6) is 0 Å². The molecular weight excluding hydrogens is 208 g/mol. The highest BCUT2D eigenvalue weighted by molar-refractivity contribution is 5.30. The third kappa shape index (κ3) is 3.55. The first-order valence-electron chi connectivity index (χ1n) is 6.67. The van der Waals surface area contributed by atoms with Gasteiger partial charge >= 0.3 is 0 Å². The zero-order valence-corrected chi connectivity index (χ0v) is 11.2. The summed E-state index contributed by atoms with van der Waals surface area (Å²) in [5.74, 6) is 0.715. The van der Waals surface area contributed by atoms with Crippen LogP contribution in [0.2, 0.25) is 0 Å². The molecule has 0 saturated heterocycles. The lowest BCUT2D eigenvalue weighted by molar-refractivity contribution is 0.238. The van der Waals surface area contributed by atoms with Gasteiger partial charge in [0.25, 0.3) is 0 Å². The Kier molecular flexibility index (Phi) is 4.19. The molecule has 0 amide bonds. The second-order valence-electron chi connectivity index (χ2n) is 5.61. The Labute approximate surface area is 105 Å². The third-order valence-corrected chi connectivity index (χ3v) is 3.35. The average molecular weight is 232 g/mol. The average Bonchev–Trinajstić information content (AvgIpc) is 2.68. The molecule has 0 radical (unpaired) electrons. The molecule has 1 heterocycles. The fourth-order valence-electron chi connectivity index (χ4n) is 2.48. The van der Waals surface area contributed by atoms with Crippen molar-refractivity contribution in [2.45, 2.75) is 39.9 Å². The molecule has 17 heavy (non-hydrogen) atoms. The van der Waals surface area contributed by atoms with Crippen molar-refractivity contribution in [3.05, 3.63) is 35.4 Å². The molecule has 1 aromatic carbocycles. The maximum Gasteiger partial charge on any atom is 0.0240 e. The zero-order valence-electron chi connectivity index (χ0n) is 11.2. The highest BCUT2D eigenvalue weighted by Gasteiger charge is 2.19. The van der Waals surface area contributed by atoms with Gasteiger partial charge in [-0.25, -0.2) is 0 Å². The van der Waals surface area contributed by atoms with Crippen LogP contribution in [0.3, 0.4) is 0 Å². The van der Waals surface area contributed by atoms with Crippen LogP contribution >= 0.6 is 0 Å². The van der Waals surface area contributed by atoms with Gasteiger partial charge < -0.3 is 5.32 Å². The summed E-state index contributed by atoms with van der Waals surface area (Å²) in [5, 5.41) is 3.51. The first-order chi connectivity index (χ1) is 8.15. The summed E-state index contributed by atoms with van der Waals surface area (Å²) in [7, 11) is 0. The van der Waals surface area contributed by atoms with Crippen LogP contribution in [0.25, 0.3) is 0 Å². The van der Waals surface area contributed by atoms with Gasteiger partial charge in [-0.05, 0) is 23.6 Å². The van der Waals surface area contributed by atoms with Crippen molar-refractivity contribution in [1.82, 2.24) is 10.2 Å². The lowest BCUT2D eigenvalue weighted by Crippen LogP contribution is -2.33. The highest BCUT2D eigenvalue weighted by atomic mass is 15.1. The van der Waals surface area contributed by atoms with Crippen LogP contribution in [-0.4, -0.2) is 24.0 Å². The molecule has 94 valence electrons. The largest absolute Gasteiger partial charge is 0.314 e. The Morgan fingerprint density at radius 1 is 1.12 bits per heavy atom. The fraction of sp³-hybridized carbons (Fsp3) is 0.600. The van der Waals surface area contributed by atoms with E-state index in [0.29, 0.717) is 12.0 Å². The Balaban J connectivity index is 1.79. The summed E-state index contributed by atoms with van der Waals surface area (Å²) in [5.41, 5.74) is 3.02. The number of nitrogens with zero attached hydrogens (tertiary/aromatic N) is 1. The third-order valence-electron chi connectivity index (χ3n) is 3.35. The molecule has 1 aliphatic heterocycles. The number of hydrogen-bond acceptors (Lipinski definition) is 2. The van der Waals surface area contributed by atoms with Crippen molar-refractivity contribution in [2.75, 3.05) is 13.1 Å². The topological polar surface area (TPSA) is 15.3 Å². The minimum absolute atomic E-state index is 0.591. The first kappa shape index (κ1) is 12.6. The molecule has 0 bridgehead atoms. The number of fused-ring (bicyclic) bond motifs is 1. The van der Waals surface area contributed by atoms with E-state index < -0.39 is 0 Å². The number of benzene rings is 1. The Morgan fingerprint density at radius 3 is 2.24 bits per heavy atom. The summed E-state index contributed by atoms with van der Waals surface area (Å²) in [6, 6.07) is 9.39. The van der Waals surface area contributed by atoms with Crippen LogP contribution in [0.4, 0.5) is 0 Å². The molecule has 1 aliphatic rings. The molecule has 1 atom stereocenters. The molecule has 0 spiro atoms.